The monoisotopic (exact) mass is 291 g/mol. The van der Waals surface area contributed by atoms with Gasteiger partial charge in [0, 0.05) is 12.7 Å². The molecule has 0 spiro atoms. The summed E-state index contributed by atoms with van der Waals surface area (Å²) in [5, 5.41) is 0. The zero-order chi connectivity index (χ0) is 14.8. The lowest BCUT2D eigenvalue weighted by Gasteiger charge is -2.12. The van der Waals surface area contributed by atoms with Crippen LogP contribution in [0, 0.1) is 13.8 Å². The van der Waals surface area contributed by atoms with E-state index in [2.05, 4.69) is 9.71 Å². The minimum atomic E-state index is -3.68. The maximum Gasteiger partial charge on any atom is 0.263 e. The van der Waals surface area contributed by atoms with Crippen molar-refractivity contribution >= 4 is 15.7 Å². The van der Waals surface area contributed by atoms with Crippen molar-refractivity contribution in [3.8, 4) is 0 Å². The second-order valence-electron chi connectivity index (χ2n) is 4.58. The average Bonchev–Trinajstić information content (AvgIpc) is 2.42. The SMILES string of the molecule is Cc1ccc(NS(=O)(=O)c2cccnc2CN)c(C)c1. The highest BCUT2D eigenvalue weighted by Crippen LogP contribution is 2.21. The maximum absolute atomic E-state index is 12.4. The quantitative estimate of drug-likeness (QED) is 0.901. The summed E-state index contributed by atoms with van der Waals surface area (Å²) in [5.41, 5.74) is 8.39. The summed E-state index contributed by atoms with van der Waals surface area (Å²) in [6.07, 6.45) is 1.53. The molecule has 1 aromatic heterocycles. The number of hydrogen-bond donors (Lipinski definition) is 2. The van der Waals surface area contributed by atoms with Gasteiger partial charge in [-0.2, -0.15) is 0 Å². The summed E-state index contributed by atoms with van der Waals surface area (Å²) in [7, 11) is -3.68. The van der Waals surface area contributed by atoms with Gasteiger partial charge in [0.2, 0.25) is 0 Å². The van der Waals surface area contributed by atoms with Crippen LogP contribution in [0.2, 0.25) is 0 Å². The third kappa shape index (κ3) is 2.97. The molecule has 0 aliphatic heterocycles. The molecule has 0 bridgehead atoms. The van der Waals surface area contributed by atoms with Crippen LogP contribution in [0.15, 0.2) is 41.4 Å². The van der Waals surface area contributed by atoms with Crippen molar-refractivity contribution in [1.82, 2.24) is 4.98 Å². The van der Waals surface area contributed by atoms with E-state index in [1.54, 1.807) is 12.1 Å². The Kier molecular flexibility index (Phi) is 4.06. The second kappa shape index (κ2) is 5.60. The van der Waals surface area contributed by atoms with Gasteiger partial charge >= 0.3 is 0 Å². The van der Waals surface area contributed by atoms with Gasteiger partial charge < -0.3 is 5.73 Å². The molecule has 106 valence electrons. The standard InChI is InChI=1S/C14H17N3O2S/c1-10-5-6-12(11(2)8-10)17-20(18,19)14-4-3-7-16-13(14)9-15/h3-8,17H,9,15H2,1-2H3. The van der Waals surface area contributed by atoms with Crippen LogP contribution >= 0.6 is 0 Å². The van der Waals surface area contributed by atoms with Crippen LogP contribution in [-0.4, -0.2) is 13.4 Å². The van der Waals surface area contributed by atoms with E-state index in [0.717, 1.165) is 11.1 Å². The van der Waals surface area contributed by atoms with Gasteiger partial charge in [-0.15, -0.1) is 0 Å². The Labute approximate surface area is 118 Å². The molecule has 2 rings (SSSR count). The van der Waals surface area contributed by atoms with Crippen molar-refractivity contribution in [2.45, 2.75) is 25.3 Å². The zero-order valence-electron chi connectivity index (χ0n) is 11.4. The molecule has 0 unspecified atom stereocenters. The Morgan fingerprint density at radius 1 is 1.25 bits per heavy atom. The summed E-state index contributed by atoms with van der Waals surface area (Å²) in [4.78, 5) is 4.11. The Morgan fingerprint density at radius 2 is 2.00 bits per heavy atom. The Morgan fingerprint density at radius 3 is 2.65 bits per heavy atom. The smallest absolute Gasteiger partial charge is 0.263 e. The summed E-state index contributed by atoms with van der Waals surface area (Å²) in [6.45, 7) is 3.89. The minimum Gasteiger partial charge on any atom is -0.325 e. The fourth-order valence-corrected chi connectivity index (χ4v) is 3.28. The zero-order valence-corrected chi connectivity index (χ0v) is 12.2. The Bertz CT molecular complexity index is 727. The van der Waals surface area contributed by atoms with Crippen molar-refractivity contribution in [3.05, 3.63) is 53.3 Å². The largest absolute Gasteiger partial charge is 0.325 e. The van der Waals surface area contributed by atoms with Crippen molar-refractivity contribution in [2.75, 3.05) is 4.72 Å². The van der Waals surface area contributed by atoms with Crippen molar-refractivity contribution in [3.63, 3.8) is 0 Å². The normalized spacial score (nSPS) is 11.3. The third-order valence-corrected chi connectivity index (χ3v) is 4.40. The van der Waals surface area contributed by atoms with E-state index in [1.807, 2.05) is 26.0 Å². The van der Waals surface area contributed by atoms with E-state index >= 15 is 0 Å². The van der Waals surface area contributed by atoms with E-state index < -0.39 is 10.0 Å². The van der Waals surface area contributed by atoms with E-state index in [9.17, 15) is 8.42 Å². The van der Waals surface area contributed by atoms with Crippen LogP contribution in [0.5, 0.6) is 0 Å². The molecule has 5 nitrogen and oxygen atoms in total. The molecule has 1 heterocycles. The van der Waals surface area contributed by atoms with Crippen molar-refractivity contribution < 1.29 is 8.42 Å². The number of nitrogens with zero attached hydrogens (tertiary/aromatic N) is 1. The average molecular weight is 291 g/mol. The molecular formula is C14H17N3O2S. The molecule has 0 fully saturated rings. The maximum atomic E-state index is 12.4. The van der Waals surface area contributed by atoms with Gasteiger partial charge in [-0.05, 0) is 37.6 Å². The Hall–Kier alpha value is -1.92. The number of rotatable bonds is 4. The van der Waals surface area contributed by atoms with Crippen LogP contribution in [0.25, 0.3) is 0 Å². The first kappa shape index (κ1) is 14.5. The number of sulfonamides is 1. The lowest BCUT2D eigenvalue weighted by molar-refractivity contribution is 0.599. The minimum absolute atomic E-state index is 0.0734. The van der Waals surface area contributed by atoms with E-state index in [-0.39, 0.29) is 11.4 Å². The topological polar surface area (TPSA) is 85.1 Å². The van der Waals surface area contributed by atoms with Crippen LogP contribution in [-0.2, 0) is 16.6 Å². The highest BCUT2D eigenvalue weighted by Gasteiger charge is 2.19. The molecule has 0 amide bonds. The van der Waals surface area contributed by atoms with Gasteiger partial charge in [0.05, 0.1) is 11.4 Å². The molecule has 6 heteroatoms. The molecule has 2 aromatic rings. The highest BCUT2D eigenvalue weighted by molar-refractivity contribution is 7.92. The molecular weight excluding hydrogens is 274 g/mol. The van der Waals surface area contributed by atoms with E-state index in [1.165, 1.54) is 12.3 Å². The summed E-state index contributed by atoms with van der Waals surface area (Å²) in [6, 6.07) is 8.61. The van der Waals surface area contributed by atoms with Gasteiger partial charge in [-0.25, -0.2) is 8.42 Å². The second-order valence-corrected chi connectivity index (χ2v) is 6.23. The van der Waals surface area contributed by atoms with Gasteiger partial charge in [0.15, 0.2) is 0 Å². The van der Waals surface area contributed by atoms with Crippen molar-refractivity contribution in [2.24, 2.45) is 5.73 Å². The first-order valence-electron chi connectivity index (χ1n) is 6.18. The molecule has 0 saturated carbocycles. The highest BCUT2D eigenvalue weighted by atomic mass is 32.2. The van der Waals surface area contributed by atoms with Crippen LogP contribution in [0.4, 0.5) is 5.69 Å². The lowest BCUT2D eigenvalue weighted by atomic mass is 10.1. The predicted molar refractivity (Wildman–Crippen MR) is 78.9 cm³/mol. The first-order valence-corrected chi connectivity index (χ1v) is 7.66. The molecule has 0 radical (unpaired) electrons. The summed E-state index contributed by atoms with van der Waals surface area (Å²) in [5.74, 6) is 0. The lowest BCUT2D eigenvalue weighted by Crippen LogP contribution is -2.17. The first-order chi connectivity index (χ1) is 9.44. The number of hydrogen-bond acceptors (Lipinski definition) is 4. The molecule has 3 N–H and O–H groups in total. The molecule has 0 saturated heterocycles. The number of nitrogens with one attached hydrogen (secondary N) is 1. The van der Waals surface area contributed by atoms with Crippen molar-refractivity contribution in [1.29, 1.82) is 0 Å². The van der Waals surface area contributed by atoms with Gasteiger partial charge in [0.25, 0.3) is 10.0 Å². The Balaban J connectivity index is 2.41. The van der Waals surface area contributed by atoms with Crippen LogP contribution in [0.1, 0.15) is 16.8 Å². The fourth-order valence-electron chi connectivity index (χ4n) is 1.95. The molecule has 0 atom stereocenters. The van der Waals surface area contributed by atoms with E-state index in [0.29, 0.717) is 11.4 Å². The number of aryl methyl sites for hydroxylation is 2. The summed E-state index contributed by atoms with van der Waals surface area (Å²) >= 11 is 0. The molecule has 0 aliphatic carbocycles. The number of benzene rings is 1. The molecule has 1 aromatic carbocycles. The van der Waals surface area contributed by atoms with Gasteiger partial charge in [-0.3, -0.25) is 9.71 Å². The third-order valence-electron chi connectivity index (χ3n) is 2.96. The molecule has 20 heavy (non-hydrogen) atoms. The molecule has 0 aliphatic rings. The number of pyridine rings is 1. The van der Waals surface area contributed by atoms with Crippen LogP contribution < -0.4 is 10.5 Å². The van der Waals surface area contributed by atoms with Gasteiger partial charge in [0.1, 0.15) is 4.90 Å². The number of nitrogens with two attached hydrogens (primary N) is 1. The van der Waals surface area contributed by atoms with Gasteiger partial charge in [-0.1, -0.05) is 17.7 Å². The number of anilines is 1. The summed E-state index contributed by atoms with van der Waals surface area (Å²) < 4.78 is 27.4. The van der Waals surface area contributed by atoms with Crippen LogP contribution in [0.3, 0.4) is 0 Å². The number of aromatic nitrogens is 1. The van der Waals surface area contributed by atoms with E-state index in [4.69, 9.17) is 5.73 Å². The fraction of sp³-hybridized carbons (Fsp3) is 0.214. The predicted octanol–water partition coefficient (Wildman–Crippen LogP) is 1.96.